The Morgan fingerprint density at radius 1 is 1.57 bits per heavy atom. The van der Waals surface area contributed by atoms with Crippen LogP contribution in [-0.2, 0) is 4.79 Å². The second-order valence-corrected chi connectivity index (χ2v) is 4.45. The monoisotopic (exact) mass is 229 g/mol. The van der Waals surface area contributed by atoms with E-state index in [4.69, 9.17) is 12.2 Å². The van der Waals surface area contributed by atoms with Crippen LogP contribution >= 0.6 is 24.0 Å². The molecule has 3 N–H and O–H groups in total. The van der Waals surface area contributed by atoms with Gasteiger partial charge in [-0.2, -0.15) is 5.43 Å². The van der Waals surface area contributed by atoms with E-state index in [9.17, 15) is 4.79 Å². The first kappa shape index (κ1) is 8.45. The quantitative estimate of drug-likeness (QED) is 0.442. The number of hydrazine groups is 1. The van der Waals surface area contributed by atoms with Crippen molar-refractivity contribution in [1.29, 1.82) is 0 Å². The number of nitrogens with one attached hydrogen (secondary N) is 3. The Hall–Kier alpha value is -0.860. The molecule has 0 spiro atoms. The molecule has 2 fully saturated rings. The lowest BCUT2D eigenvalue weighted by molar-refractivity contribution is -0.127. The molecule has 3 aliphatic heterocycles. The lowest BCUT2D eigenvalue weighted by atomic mass is 10.4. The third-order valence-corrected chi connectivity index (χ3v) is 3.34. The number of thioether (sulfide) groups is 1. The van der Waals surface area contributed by atoms with Crippen molar-refractivity contribution in [1.82, 2.24) is 21.1 Å². The number of aliphatic imine (C=N–C) groups is 1. The molecule has 8 heteroatoms. The largest absolute Gasteiger partial charge is 0.342 e. The third-order valence-electron chi connectivity index (χ3n) is 2.16. The van der Waals surface area contributed by atoms with E-state index < -0.39 is 0 Å². The van der Waals surface area contributed by atoms with E-state index in [-0.39, 0.29) is 18.2 Å². The first-order valence-electron chi connectivity index (χ1n) is 4.11. The Morgan fingerprint density at radius 2 is 2.43 bits per heavy atom. The predicted octanol–water partition coefficient (Wildman–Crippen LogP) is -1.43. The number of amidine groups is 1. The number of carbonyl (C=O) groups excluding carboxylic acids is 1. The summed E-state index contributed by atoms with van der Waals surface area (Å²) >= 11 is 6.39. The van der Waals surface area contributed by atoms with Gasteiger partial charge in [0.05, 0.1) is 5.75 Å². The summed E-state index contributed by atoms with van der Waals surface area (Å²) in [5.74, 6) is 0.488. The molecule has 74 valence electrons. The zero-order valence-corrected chi connectivity index (χ0v) is 8.61. The van der Waals surface area contributed by atoms with Gasteiger partial charge in [-0.3, -0.25) is 4.79 Å². The highest BCUT2D eigenvalue weighted by Gasteiger charge is 2.40. The second kappa shape index (κ2) is 2.81. The molecular weight excluding hydrogens is 222 g/mol. The standard InChI is InChI=1S/C6H7N5OS2/c12-2-1-14-6-9-3-4(10-11(2)6)8-5(13)7-3/h3-4,10H,1H2,(H2,7,8,13). The molecule has 2 saturated heterocycles. The molecule has 0 aliphatic carbocycles. The maximum atomic E-state index is 11.4. The summed E-state index contributed by atoms with van der Waals surface area (Å²) in [5, 5.41) is 8.75. The van der Waals surface area contributed by atoms with E-state index >= 15 is 0 Å². The second-order valence-electron chi connectivity index (χ2n) is 3.10. The van der Waals surface area contributed by atoms with E-state index in [1.807, 2.05) is 0 Å². The van der Waals surface area contributed by atoms with Crippen molar-refractivity contribution in [3.63, 3.8) is 0 Å². The molecule has 0 aromatic heterocycles. The van der Waals surface area contributed by atoms with Crippen LogP contribution in [0.15, 0.2) is 4.99 Å². The number of hydrogen-bond donors (Lipinski definition) is 3. The molecule has 2 atom stereocenters. The highest BCUT2D eigenvalue weighted by atomic mass is 32.2. The molecular formula is C6H7N5OS2. The smallest absolute Gasteiger partial charge is 0.253 e. The van der Waals surface area contributed by atoms with Crippen LogP contribution in [0.5, 0.6) is 0 Å². The van der Waals surface area contributed by atoms with Crippen molar-refractivity contribution < 1.29 is 4.79 Å². The van der Waals surface area contributed by atoms with Crippen LogP contribution in [0, 0.1) is 0 Å². The van der Waals surface area contributed by atoms with E-state index in [0.717, 1.165) is 5.17 Å². The molecule has 0 saturated carbocycles. The molecule has 3 rings (SSSR count). The fourth-order valence-corrected chi connectivity index (χ4v) is 2.63. The van der Waals surface area contributed by atoms with Gasteiger partial charge in [-0.1, -0.05) is 11.8 Å². The number of rotatable bonds is 0. The van der Waals surface area contributed by atoms with Crippen LogP contribution < -0.4 is 16.1 Å². The summed E-state index contributed by atoms with van der Waals surface area (Å²) in [7, 11) is 0. The number of hydrogen-bond acceptors (Lipinski definition) is 5. The van der Waals surface area contributed by atoms with Crippen molar-refractivity contribution in [3.8, 4) is 0 Å². The van der Waals surface area contributed by atoms with Crippen LogP contribution in [0.1, 0.15) is 0 Å². The lowest BCUT2D eigenvalue weighted by Crippen LogP contribution is -2.59. The predicted molar refractivity (Wildman–Crippen MR) is 56.3 cm³/mol. The van der Waals surface area contributed by atoms with Crippen LogP contribution in [0.2, 0.25) is 0 Å². The molecule has 0 aromatic rings. The van der Waals surface area contributed by atoms with Crippen molar-refractivity contribution in [2.75, 3.05) is 5.75 Å². The topological polar surface area (TPSA) is 68.8 Å². The summed E-state index contributed by atoms with van der Waals surface area (Å²) < 4.78 is 0. The van der Waals surface area contributed by atoms with Crippen molar-refractivity contribution >= 4 is 40.2 Å². The van der Waals surface area contributed by atoms with Crippen LogP contribution in [0.3, 0.4) is 0 Å². The molecule has 0 bridgehead atoms. The van der Waals surface area contributed by atoms with Gasteiger partial charge in [-0.05, 0) is 12.2 Å². The zero-order chi connectivity index (χ0) is 9.71. The van der Waals surface area contributed by atoms with Crippen molar-refractivity contribution in [3.05, 3.63) is 0 Å². The van der Waals surface area contributed by atoms with Gasteiger partial charge in [0.1, 0.15) is 6.17 Å². The minimum atomic E-state index is -0.117. The summed E-state index contributed by atoms with van der Waals surface area (Å²) in [6.07, 6.45) is -0.221. The minimum Gasteiger partial charge on any atom is -0.342 e. The molecule has 1 amide bonds. The Kier molecular flexibility index (Phi) is 1.70. The molecule has 3 heterocycles. The first-order chi connectivity index (χ1) is 6.74. The molecule has 0 aromatic carbocycles. The maximum Gasteiger partial charge on any atom is 0.253 e. The van der Waals surface area contributed by atoms with Gasteiger partial charge in [0, 0.05) is 0 Å². The van der Waals surface area contributed by atoms with E-state index in [2.05, 4.69) is 21.1 Å². The average molecular weight is 229 g/mol. The molecule has 0 radical (unpaired) electrons. The number of fused-ring (bicyclic) bond motifs is 2. The van der Waals surface area contributed by atoms with E-state index in [1.165, 1.54) is 16.8 Å². The molecule has 6 nitrogen and oxygen atoms in total. The van der Waals surface area contributed by atoms with Gasteiger partial charge in [0.2, 0.25) is 0 Å². The Labute approximate surface area is 89.5 Å². The summed E-state index contributed by atoms with van der Waals surface area (Å²) in [6.45, 7) is 0. The summed E-state index contributed by atoms with van der Waals surface area (Å²) in [6, 6.07) is 0. The van der Waals surface area contributed by atoms with E-state index in [0.29, 0.717) is 10.9 Å². The first-order valence-corrected chi connectivity index (χ1v) is 5.50. The highest BCUT2D eigenvalue weighted by Crippen LogP contribution is 2.22. The fraction of sp³-hybridized carbons (Fsp3) is 0.500. The van der Waals surface area contributed by atoms with Gasteiger partial charge < -0.3 is 10.6 Å². The third kappa shape index (κ3) is 1.11. The van der Waals surface area contributed by atoms with Gasteiger partial charge in [-0.25, -0.2) is 10.0 Å². The van der Waals surface area contributed by atoms with Gasteiger partial charge in [0.25, 0.3) is 5.91 Å². The van der Waals surface area contributed by atoms with Crippen LogP contribution in [0.25, 0.3) is 0 Å². The van der Waals surface area contributed by atoms with E-state index in [1.54, 1.807) is 0 Å². The normalized spacial score (nSPS) is 34.6. The fourth-order valence-electron chi connectivity index (χ4n) is 1.53. The maximum absolute atomic E-state index is 11.4. The number of thiocarbonyl (C=S) groups is 1. The highest BCUT2D eigenvalue weighted by molar-refractivity contribution is 8.15. The number of carbonyl (C=O) groups is 1. The minimum absolute atomic E-state index is 0.0341. The molecule has 3 aliphatic rings. The van der Waals surface area contributed by atoms with Gasteiger partial charge >= 0.3 is 0 Å². The van der Waals surface area contributed by atoms with Crippen molar-refractivity contribution in [2.24, 2.45) is 4.99 Å². The van der Waals surface area contributed by atoms with Crippen LogP contribution in [0.4, 0.5) is 0 Å². The average Bonchev–Trinajstić information content (AvgIpc) is 2.66. The van der Waals surface area contributed by atoms with Gasteiger partial charge in [-0.15, -0.1) is 0 Å². The summed E-state index contributed by atoms with van der Waals surface area (Å²) in [4.78, 5) is 15.7. The Morgan fingerprint density at radius 3 is 3.29 bits per heavy atom. The van der Waals surface area contributed by atoms with Crippen molar-refractivity contribution in [2.45, 2.75) is 12.3 Å². The van der Waals surface area contributed by atoms with Gasteiger partial charge in [0.15, 0.2) is 16.4 Å². The SMILES string of the molecule is O=C1CSC2=NC3NC(=S)NC3NN12. The Balaban J connectivity index is 1.92. The lowest BCUT2D eigenvalue weighted by Gasteiger charge is -2.28. The zero-order valence-electron chi connectivity index (χ0n) is 6.98. The number of nitrogens with zero attached hydrogens (tertiary/aromatic N) is 2. The molecule has 14 heavy (non-hydrogen) atoms. The Bertz CT molecular complexity index is 356. The summed E-state index contributed by atoms with van der Waals surface area (Å²) in [5.41, 5.74) is 3.03. The molecule has 2 unspecified atom stereocenters. The van der Waals surface area contributed by atoms with Crippen LogP contribution in [-0.4, -0.2) is 39.3 Å². The number of amides is 1.